The van der Waals surface area contributed by atoms with Crippen molar-refractivity contribution in [1.82, 2.24) is 9.97 Å². The summed E-state index contributed by atoms with van der Waals surface area (Å²) in [4.78, 5) is 32.5. The van der Waals surface area contributed by atoms with E-state index >= 15 is 0 Å². The lowest BCUT2D eigenvalue weighted by atomic mass is 10.1. The van der Waals surface area contributed by atoms with Gasteiger partial charge in [-0.15, -0.1) is 0 Å². The van der Waals surface area contributed by atoms with Gasteiger partial charge in [-0.1, -0.05) is 12.1 Å². The standard InChI is InChI=1S/C22H23N5O2/c1-13-8-9-19(10-14(13)2)26-21-12-20(23-15(3)24-21)22(29)27-18-7-5-6-17(11-18)25-16(4)28/h5-12H,1-4H3,(H,25,28)(H,27,29)(H,23,24,26). The zero-order chi connectivity index (χ0) is 21.0. The fraction of sp³-hybridized carbons (Fsp3) is 0.182. The molecule has 0 saturated carbocycles. The number of aryl methyl sites for hydroxylation is 3. The molecule has 1 heterocycles. The maximum atomic E-state index is 12.7. The molecule has 0 saturated heterocycles. The van der Waals surface area contributed by atoms with Crippen LogP contribution in [0.4, 0.5) is 22.9 Å². The fourth-order valence-corrected chi connectivity index (χ4v) is 2.79. The third-order valence-corrected chi connectivity index (χ3v) is 4.29. The summed E-state index contributed by atoms with van der Waals surface area (Å²) in [5, 5.41) is 8.71. The number of amides is 2. The Labute approximate surface area is 169 Å². The number of hydrogen-bond donors (Lipinski definition) is 3. The predicted octanol–water partition coefficient (Wildman–Crippen LogP) is 4.36. The van der Waals surface area contributed by atoms with Crippen LogP contribution in [-0.4, -0.2) is 21.8 Å². The number of anilines is 4. The molecule has 2 amide bonds. The molecule has 7 heteroatoms. The summed E-state index contributed by atoms with van der Waals surface area (Å²) >= 11 is 0. The van der Waals surface area contributed by atoms with Gasteiger partial charge in [-0.3, -0.25) is 9.59 Å². The van der Waals surface area contributed by atoms with Crippen LogP contribution in [0.25, 0.3) is 0 Å². The first-order valence-corrected chi connectivity index (χ1v) is 9.19. The lowest BCUT2D eigenvalue weighted by Crippen LogP contribution is -2.15. The van der Waals surface area contributed by atoms with E-state index in [2.05, 4.69) is 32.8 Å². The van der Waals surface area contributed by atoms with E-state index in [0.717, 1.165) is 11.3 Å². The highest BCUT2D eigenvalue weighted by Gasteiger charge is 2.12. The Morgan fingerprint density at radius 3 is 2.21 bits per heavy atom. The first kappa shape index (κ1) is 20.0. The molecule has 0 radical (unpaired) electrons. The smallest absolute Gasteiger partial charge is 0.274 e. The van der Waals surface area contributed by atoms with E-state index in [4.69, 9.17) is 0 Å². The Hall–Kier alpha value is -3.74. The van der Waals surface area contributed by atoms with Crippen LogP contribution < -0.4 is 16.0 Å². The predicted molar refractivity (Wildman–Crippen MR) is 115 cm³/mol. The van der Waals surface area contributed by atoms with Gasteiger partial charge in [-0.2, -0.15) is 0 Å². The molecule has 0 unspecified atom stereocenters. The highest BCUT2D eigenvalue weighted by molar-refractivity contribution is 6.03. The average Bonchev–Trinajstić information content (AvgIpc) is 2.64. The number of rotatable bonds is 5. The third kappa shape index (κ3) is 5.38. The zero-order valence-electron chi connectivity index (χ0n) is 16.8. The number of nitrogens with one attached hydrogen (secondary N) is 3. The van der Waals surface area contributed by atoms with Gasteiger partial charge >= 0.3 is 0 Å². The minimum Gasteiger partial charge on any atom is -0.340 e. The van der Waals surface area contributed by atoms with Crippen LogP contribution in [-0.2, 0) is 4.79 Å². The SMILES string of the molecule is CC(=O)Nc1cccc(NC(=O)c2cc(Nc3ccc(C)c(C)c3)nc(C)n2)c1. The molecule has 2 aromatic carbocycles. The lowest BCUT2D eigenvalue weighted by Gasteiger charge is -2.11. The van der Waals surface area contributed by atoms with Gasteiger partial charge in [0.05, 0.1) is 0 Å². The van der Waals surface area contributed by atoms with Crippen molar-refractivity contribution in [2.45, 2.75) is 27.7 Å². The molecule has 7 nitrogen and oxygen atoms in total. The third-order valence-electron chi connectivity index (χ3n) is 4.29. The minimum atomic E-state index is -0.362. The Bertz CT molecular complexity index is 1080. The van der Waals surface area contributed by atoms with Gasteiger partial charge in [0.2, 0.25) is 5.91 Å². The van der Waals surface area contributed by atoms with Gasteiger partial charge < -0.3 is 16.0 Å². The molecule has 3 aromatic rings. The summed E-state index contributed by atoms with van der Waals surface area (Å²) in [5.74, 6) is 0.481. The van der Waals surface area contributed by atoms with E-state index in [1.807, 2.05) is 25.1 Å². The van der Waals surface area contributed by atoms with Gasteiger partial charge in [0.1, 0.15) is 17.3 Å². The molecular weight excluding hydrogens is 366 g/mol. The zero-order valence-corrected chi connectivity index (χ0v) is 16.8. The van der Waals surface area contributed by atoms with Gasteiger partial charge in [0.15, 0.2) is 0 Å². The van der Waals surface area contributed by atoms with Gasteiger partial charge in [-0.25, -0.2) is 9.97 Å². The molecule has 0 aliphatic carbocycles. The maximum absolute atomic E-state index is 12.7. The molecule has 29 heavy (non-hydrogen) atoms. The summed E-state index contributed by atoms with van der Waals surface area (Å²) in [6.45, 7) is 7.26. The first-order valence-electron chi connectivity index (χ1n) is 9.19. The number of carbonyl (C=O) groups excluding carboxylic acids is 2. The largest absolute Gasteiger partial charge is 0.340 e. The first-order chi connectivity index (χ1) is 13.8. The Balaban J connectivity index is 1.79. The summed E-state index contributed by atoms with van der Waals surface area (Å²) in [7, 11) is 0. The second-order valence-corrected chi connectivity index (χ2v) is 6.83. The van der Waals surface area contributed by atoms with Gasteiger partial charge in [-0.05, 0) is 62.2 Å². The summed E-state index contributed by atoms with van der Waals surface area (Å²) in [5.41, 5.74) is 4.66. The molecule has 3 rings (SSSR count). The quantitative estimate of drug-likeness (QED) is 0.603. The van der Waals surface area contributed by atoms with Crippen LogP contribution in [0.1, 0.15) is 34.4 Å². The fourth-order valence-electron chi connectivity index (χ4n) is 2.79. The van der Waals surface area contributed by atoms with E-state index in [0.29, 0.717) is 23.0 Å². The highest BCUT2D eigenvalue weighted by atomic mass is 16.2. The topological polar surface area (TPSA) is 96.0 Å². The van der Waals surface area contributed by atoms with Crippen molar-refractivity contribution in [2.75, 3.05) is 16.0 Å². The molecule has 0 spiro atoms. The monoisotopic (exact) mass is 389 g/mol. The second-order valence-electron chi connectivity index (χ2n) is 6.83. The van der Waals surface area contributed by atoms with Crippen molar-refractivity contribution >= 4 is 34.7 Å². The average molecular weight is 389 g/mol. The van der Waals surface area contributed by atoms with Crippen molar-refractivity contribution in [3.8, 4) is 0 Å². The summed E-state index contributed by atoms with van der Waals surface area (Å²) in [6, 6.07) is 14.5. The van der Waals surface area contributed by atoms with Crippen LogP contribution in [0.3, 0.4) is 0 Å². The Morgan fingerprint density at radius 1 is 0.793 bits per heavy atom. The summed E-state index contributed by atoms with van der Waals surface area (Å²) in [6.07, 6.45) is 0. The molecular formula is C22H23N5O2. The van der Waals surface area contributed by atoms with Crippen molar-refractivity contribution in [1.29, 1.82) is 0 Å². The van der Waals surface area contributed by atoms with Crippen molar-refractivity contribution in [3.05, 3.63) is 71.2 Å². The number of nitrogens with zero attached hydrogens (tertiary/aromatic N) is 2. The van der Waals surface area contributed by atoms with E-state index in [1.165, 1.54) is 12.5 Å². The van der Waals surface area contributed by atoms with Gasteiger partial charge in [0, 0.05) is 30.1 Å². The van der Waals surface area contributed by atoms with Crippen LogP contribution >= 0.6 is 0 Å². The lowest BCUT2D eigenvalue weighted by molar-refractivity contribution is -0.114. The van der Waals surface area contributed by atoms with Crippen LogP contribution in [0, 0.1) is 20.8 Å². The van der Waals surface area contributed by atoms with E-state index in [1.54, 1.807) is 37.3 Å². The molecule has 3 N–H and O–H groups in total. The van der Waals surface area contributed by atoms with Crippen LogP contribution in [0.5, 0.6) is 0 Å². The minimum absolute atomic E-state index is 0.179. The van der Waals surface area contributed by atoms with Gasteiger partial charge in [0.25, 0.3) is 5.91 Å². The van der Waals surface area contributed by atoms with Crippen LogP contribution in [0.2, 0.25) is 0 Å². The molecule has 0 fully saturated rings. The van der Waals surface area contributed by atoms with E-state index < -0.39 is 0 Å². The van der Waals surface area contributed by atoms with Crippen molar-refractivity contribution in [3.63, 3.8) is 0 Å². The van der Waals surface area contributed by atoms with Crippen LogP contribution in [0.15, 0.2) is 48.5 Å². The second kappa shape index (κ2) is 8.52. The Morgan fingerprint density at radius 2 is 1.52 bits per heavy atom. The molecule has 0 aliphatic rings. The number of hydrogen-bond acceptors (Lipinski definition) is 5. The number of aromatic nitrogens is 2. The van der Waals surface area contributed by atoms with E-state index in [9.17, 15) is 9.59 Å². The maximum Gasteiger partial charge on any atom is 0.274 e. The summed E-state index contributed by atoms with van der Waals surface area (Å²) < 4.78 is 0. The normalized spacial score (nSPS) is 10.3. The number of benzene rings is 2. The highest BCUT2D eigenvalue weighted by Crippen LogP contribution is 2.20. The Kier molecular flexibility index (Phi) is 5.87. The molecule has 0 bridgehead atoms. The molecule has 0 atom stereocenters. The molecule has 148 valence electrons. The number of carbonyl (C=O) groups is 2. The molecule has 1 aromatic heterocycles. The molecule has 0 aliphatic heterocycles. The van der Waals surface area contributed by atoms with Crippen molar-refractivity contribution in [2.24, 2.45) is 0 Å². The van der Waals surface area contributed by atoms with Crippen molar-refractivity contribution < 1.29 is 9.59 Å². The van der Waals surface area contributed by atoms with E-state index in [-0.39, 0.29) is 17.5 Å².